The molecule has 0 aromatic carbocycles. The van der Waals surface area contributed by atoms with Crippen molar-refractivity contribution in [3.05, 3.63) is 0 Å². The van der Waals surface area contributed by atoms with Crippen LogP contribution in [0.25, 0.3) is 0 Å². The molecule has 4 unspecified atom stereocenters. The van der Waals surface area contributed by atoms with Crippen LogP contribution in [0.15, 0.2) is 0 Å². The van der Waals surface area contributed by atoms with Gasteiger partial charge in [-0.2, -0.15) is 0 Å². The van der Waals surface area contributed by atoms with Crippen LogP contribution in [0.4, 0.5) is 4.79 Å². The molecular formula is C14H29N2O3S+. The minimum atomic E-state index is -1.73. The highest BCUT2D eigenvalue weighted by molar-refractivity contribution is 7.82. The lowest BCUT2D eigenvalue weighted by Crippen LogP contribution is -2.49. The molecule has 1 N–H and O–H groups in total. The summed E-state index contributed by atoms with van der Waals surface area (Å²) in [5.41, 5.74) is -0.565. The summed E-state index contributed by atoms with van der Waals surface area (Å²) in [5, 5.41) is 3.44. The SMILES string of the molecule is CC1CNC(C)C(CN(C(=O)OC(C)(C)C)[SH+](C)=O)C1. The summed E-state index contributed by atoms with van der Waals surface area (Å²) >= 11 is 0. The third kappa shape index (κ3) is 5.40. The number of amides is 1. The van der Waals surface area contributed by atoms with E-state index in [0.717, 1.165) is 13.0 Å². The minimum Gasteiger partial charge on any atom is -0.441 e. The Morgan fingerprint density at radius 1 is 1.40 bits per heavy atom. The van der Waals surface area contributed by atoms with Crippen LogP contribution in [-0.4, -0.2) is 41.4 Å². The van der Waals surface area contributed by atoms with Gasteiger partial charge in [0.05, 0.1) is 6.54 Å². The Morgan fingerprint density at radius 2 is 2.00 bits per heavy atom. The second kappa shape index (κ2) is 6.89. The van der Waals surface area contributed by atoms with Gasteiger partial charge in [0.1, 0.15) is 11.9 Å². The van der Waals surface area contributed by atoms with Gasteiger partial charge in [-0.15, -0.1) is 4.31 Å². The first-order valence-corrected chi connectivity index (χ1v) is 8.90. The van der Waals surface area contributed by atoms with E-state index in [0.29, 0.717) is 24.4 Å². The highest BCUT2D eigenvalue weighted by Crippen LogP contribution is 2.23. The second-order valence-corrected chi connectivity index (χ2v) is 8.24. The number of piperidine rings is 1. The average Bonchev–Trinajstić information content (AvgIpc) is 2.27. The molecule has 1 heterocycles. The van der Waals surface area contributed by atoms with Crippen molar-refractivity contribution in [2.45, 2.75) is 52.7 Å². The zero-order chi connectivity index (χ0) is 15.5. The van der Waals surface area contributed by atoms with Gasteiger partial charge in [-0.05, 0) is 52.5 Å². The molecule has 0 saturated carbocycles. The minimum absolute atomic E-state index is 0.310. The standard InChI is InChI=1S/C14H28N2O3S/c1-10-7-12(11(2)15-8-10)9-16(20(6)18)13(17)19-14(3,4)5/h10-12,15H,7-9H2,1-6H3/p+1. The Hall–Kier alpha value is -0.620. The fraction of sp³-hybridized carbons (Fsp3) is 0.929. The first-order valence-electron chi connectivity index (χ1n) is 7.25. The molecule has 0 aromatic heterocycles. The number of ether oxygens (including phenoxy) is 1. The summed E-state index contributed by atoms with van der Waals surface area (Å²) in [7, 11) is -1.73. The lowest BCUT2D eigenvalue weighted by Gasteiger charge is -2.35. The van der Waals surface area contributed by atoms with Crippen molar-refractivity contribution in [2.75, 3.05) is 19.3 Å². The monoisotopic (exact) mass is 305 g/mol. The van der Waals surface area contributed by atoms with E-state index in [1.807, 2.05) is 20.8 Å². The van der Waals surface area contributed by atoms with Crippen LogP contribution in [0, 0.1) is 11.8 Å². The van der Waals surface area contributed by atoms with E-state index < -0.39 is 22.7 Å². The molecule has 0 bridgehead atoms. The van der Waals surface area contributed by atoms with Crippen LogP contribution in [-0.2, 0) is 19.9 Å². The molecule has 1 amide bonds. The molecule has 0 aliphatic carbocycles. The number of carbonyl (C=O) groups is 1. The van der Waals surface area contributed by atoms with Crippen LogP contribution in [0.5, 0.6) is 0 Å². The number of nitrogens with one attached hydrogen (secondary N) is 1. The molecule has 1 fully saturated rings. The van der Waals surface area contributed by atoms with E-state index in [9.17, 15) is 9.00 Å². The third-order valence-corrected chi connectivity index (χ3v) is 4.56. The van der Waals surface area contributed by atoms with Gasteiger partial charge < -0.3 is 10.1 Å². The van der Waals surface area contributed by atoms with Crippen molar-refractivity contribution in [1.29, 1.82) is 0 Å². The van der Waals surface area contributed by atoms with E-state index in [-0.39, 0.29) is 0 Å². The first-order chi connectivity index (χ1) is 9.10. The molecule has 118 valence electrons. The normalized spacial score (nSPS) is 28.8. The number of rotatable bonds is 3. The van der Waals surface area contributed by atoms with Gasteiger partial charge in [0, 0.05) is 6.04 Å². The summed E-state index contributed by atoms with van der Waals surface area (Å²) in [6.45, 7) is 11.2. The van der Waals surface area contributed by atoms with E-state index in [2.05, 4.69) is 19.2 Å². The van der Waals surface area contributed by atoms with Gasteiger partial charge in [-0.1, -0.05) is 11.1 Å². The number of carbonyl (C=O) groups excluding carboxylic acids is 1. The van der Waals surface area contributed by atoms with Gasteiger partial charge in [0.15, 0.2) is 11.0 Å². The Kier molecular flexibility index (Phi) is 6.01. The summed E-state index contributed by atoms with van der Waals surface area (Å²) < 4.78 is 18.6. The lowest BCUT2D eigenvalue weighted by atomic mass is 9.86. The van der Waals surface area contributed by atoms with Crippen LogP contribution >= 0.6 is 0 Å². The van der Waals surface area contributed by atoms with Crippen LogP contribution < -0.4 is 5.32 Å². The highest BCUT2D eigenvalue weighted by atomic mass is 32.2. The second-order valence-electron chi connectivity index (χ2n) is 6.82. The quantitative estimate of drug-likeness (QED) is 0.641. The van der Waals surface area contributed by atoms with Gasteiger partial charge in [-0.3, -0.25) is 0 Å². The third-order valence-electron chi connectivity index (χ3n) is 3.55. The van der Waals surface area contributed by atoms with Crippen LogP contribution in [0.1, 0.15) is 41.0 Å². The molecule has 4 atom stereocenters. The molecule has 1 aliphatic rings. The zero-order valence-electron chi connectivity index (χ0n) is 13.5. The fourth-order valence-corrected chi connectivity index (χ4v) is 3.14. The van der Waals surface area contributed by atoms with Crippen molar-refractivity contribution < 1.29 is 13.7 Å². The van der Waals surface area contributed by atoms with Gasteiger partial charge >= 0.3 is 6.09 Å². The maximum Gasteiger partial charge on any atom is 0.451 e. The molecular weight excluding hydrogens is 276 g/mol. The number of hydrogen-bond donors (Lipinski definition) is 1. The largest absolute Gasteiger partial charge is 0.451 e. The molecule has 0 aromatic rings. The zero-order valence-corrected chi connectivity index (χ0v) is 14.4. The predicted molar refractivity (Wildman–Crippen MR) is 83.0 cm³/mol. The number of thiol groups is 1. The highest BCUT2D eigenvalue weighted by Gasteiger charge is 2.34. The molecule has 5 nitrogen and oxygen atoms in total. The van der Waals surface area contributed by atoms with Crippen LogP contribution in [0.2, 0.25) is 0 Å². The predicted octanol–water partition coefficient (Wildman–Crippen LogP) is 2.10. The van der Waals surface area contributed by atoms with Gasteiger partial charge in [0.2, 0.25) is 0 Å². The molecule has 20 heavy (non-hydrogen) atoms. The maximum atomic E-state index is 12.2. The van der Waals surface area contributed by atoms with Gasteiger partial charge in [-0.25, -0.2) is 4.79 Å². The smallest absolute Gasteiger partial charge is 0.441 e. The molecule has 0 spiro atoms. The van der Waals surface area contributed by atoms with E-state index in [1.54, 1.807) is 6.26 Å². The van der Waals surface area contributed by atoms with Gasteiger partial charge in [0.25, 0.3) is 0 Å². The Morgan fingerprint density at radius 3 is 2.50 bits per heavy atom. The summed E-state index contributed by atoms with van der Waals surface area (Å²) in [4.78, 5) is 12.2. The molecule has 0 radical (unpaired) electrons. The van der Waals surface area contributed by atoms with Crippen LogP contribution in [0.3, 0.4) is 0 Å². The fourth-order valence-electron chi connectivity index (χ4n) is 2.43. The van der Waals surface area contributed by atoms with E-state index in [1.165, 1.54) is 4.31 Å². The molecule has 1 aliphatic heterocycles. The summed E-state index contributed by atoms with van der Waals surface area (Å²) in [5.74, 6) is 0.886. The summed E-state index contributed by atoms with van der Waals surface area (Å²) in [6.07, 6.45) is 2.12. The molecule has 1 rings (SSSR count). The average molecular weight is 305 g/mol. The van der Waals surface area contributed by atoms with E-state index >= 15 is 0 Å². The van der Waals surface area contributed by atoms with Crippen molar-refractivity contribution in [2.24, 2.45) is 11.8 Å². The topological polar surface area (TPSA) is 58.6 Å². The summed E-state index contributed by atoms with van der Waals surface area (Å²) in [6, 6.07) is 0.325. The maximum absolute atomic E-state index is 12.2. The van der Waals surface area contributed by atoms with Crippen molar-refractivity contribution in [1.82, 2.24) is 9.62 Å². The number of nitrogens with zero attached hydrogens (tertiary/aromatic N) is 1. The van der Waals surface area contributed by atoms with E-state index in [4.69, 9.17) is 4.74 Å². The number of hydrogen-bond acceptors (Lipinski definition) is 4. The first kappa shape index (κ1) is 17.4. The lowest BCUT2D eigenvalue weighted by molar-refractivity contribution is 0.0360. The Labute approximate surface area is 125 Å². The van der Waals surface area contributed by atoms with Crippen molar-refractivity contribution >= 4 is 17.1 Å². The Bertz CT molecular complexity index is 368. The molecule has 1 saturated heterocycles. The van der Waals surface area contributed by atoms with Crippen molar-refractivity contribution in [3.63, 3.8) is 0 Å². The van der Waals surface area contributed by atoms with Crippen molar-refractivity contribution in [3.8, 4) is 0 Å². The molecule has 6 heteroatoms. The Balaban J connectivity index is 2.71.